The van der Waals surface area contributed by atoms with E-state index in [0.29, 0.717) is 5.92 Å². The fourth-order valence-corrected chi connectivity index (χ4v) is 2.78. The predicted octanol–water partition coefficient (Wildman–Crippen LogP) is 2.79. The van der Waals surface area contributed by atoms with E-state index >= 15 is 0 Å². The summed E-state index contributed by atoms with van der Waals surface area (Å²) in [6, 6.07) is 2.27. The van der Waals surface area contributed by atoms with Crippen LogP contribution in [0.25, 0.3) is 0 Å². The van der Waals surface area contributed by atoms with Crippen molar-refractivity contribution >= 4 is 0 Å². The van der Waals surface area contributed by atoms with Gasteiger partial charge < -0.3 is 14.8 Å². The van der Waals surface area contributed by atoms with E-state index in [9.17, 15) is 0 Å². The number of rotatable bonds is 3. The van der Waals surface area contributed by atoms with Crippen molar-refractivity contribution in [3.05, 3.63) is 22.8 Å². The van der Waals surface area contributed by atoms with Crippen molar-refractivity contribution in [2.75, 3.05) is 27.3 Å². The van der Waals surface area contributed by atoms with E-state index in [-0.39, 0.29) is 0 Å². The number of hydrogen-bond donors (Lipinski definition) is 1. The van der Waals surface area contributed by atoms with Crippen LogP contribution in [-0.2, 0) is 0 Å². The Morgan fingerprint density at radius 2 is 1.67 bits per heavy atom. The van der Waals surface area contributed by atoms with Crippen molar-refractivity contribution in [2.24, 2.45) is 0 Å². The lowest BCUT2D eigenvalue weighted by molar-refractivity contribution is 0.342. The van der Waals surface area contributed by atoms with E-state index in [0.717, 1.165) is 24.6 Å². The molecule has 100 valence electrons. The largest absolute Gasteiger partial charge is 0.493 e. The number of piperidine rings is 1. The second-order valence-corrected chi connectivity index (χ2v) is 5.00. The van der Waals surface area contributed by atoms with Crippen molar-refractivity contribution in [3.8, 4) is 11.5 Å². The van der Waals surface area contributed by atoms with E-state index in [1.54, 1.807) is 14.2 Å². The van der Waals surface area contributed by atoms with Crippen molar-refractivity contribution in [1.29, 1.82) is 0 Å². The predicted molar refractivity (Wildman–Crippen MR) is 73.9 cm³/mol. The van der Waals surface area contributed by atoms with E-state index < -0.39 is 0 Å². The van der Waals surface area contributed by atoms with Gasteiger partial charge in [0.2, 0.25) is 0 Å². The average Bonchev–Trinajstić information content (AvgIpc) is 2.42. The van der Waals surface area contributed by atoms with Gasteiger partial charge in [-0.2, -0.15) is 0 Å². The van der Waals surface area contributed by atoms with Crippen LogP contribution in [0.2, 0.25) is 0 Å². The van der Waals surface area contributed by atoms with E-state index in [2.05, 4.69) is 25.2 Å². The van der Waals surface area contributed by atoms with Gasteiger partial charge in [-0.25, -0.2) is 0 Å². The zero-order valence-corrected chi connectivity index (χ0v) is 11.8. The summed E-state index contributed by atoms with van der Waals surface area (Å²) in [4.78, 5) is 0. The maximum Gasteiger partial charge on any atom is 0.164 e. The third-order valence-electron chi connectivity index (χ3n) is 3.96. The van der Waals surface area contributed by atoms with Gasteiger partial charge in [0.25, 0.3) is 0 Å². The van der Waals surface area contributed by atoms with Crippen molar-refractivity contribution < 1.29 is 9.47 Å². The molecule has 0 aliphatic carbocycles. The van der Waals surface area contributed by atoms with Gasteiger partial charge >= 0.3 is 0 Å². The van der Waals surface area contributed by atoms with Crippen molar-refractivity contribution in [2.45, 2.75) is 32.6 Å². The second kappa shape index (κ2) is 5.61. The Bertz CT molecular complexity index is 423. The Kier molecular flexibility index (Phi) is 4.12. The smallest absolute Gasteiger partial charge is 0.164 e. The molecule has 0 atom stereocenters. The first-order valence-electron chi connectivity index (χ1n) is 6.61. The molecule has 2 rings (SSSR count). The molecule has 3 heteroatoms. The quantitative estimate of drug-likeness (QED) is 0.893. The zero-order chi connectivity index (χ0) is 13.1. The third-order valence-corrected chi connectivity index (χ3v) is 3.96. The lowest BCUT2D eigenvalue weighted by atomic mass is 9.87. The maximum absolute atomic E-state index is 5.61. The lowest BCUT2D eigenvalue weighted by Gasteiger charge is -2.26. The van der Waals surface area contributed by atoms with Crippen LogP contribution < -0.4 is 14.8 Å². The summed E-state index contributed by atoms with van der Waals surface area (Å²) in [5, 5.41) is 3.40. The van der Waals surface area contributed by atoms with Crippen LogP contribution in [0.5, 0.6) is 11.5 Å². The highest BCUT2D eigenvalue weighted by molar-refractivity contribution is 5.56. The monoisotopic (exact) mass is 249 g/mol. The summed E-state index contributed by atoms with van der Waals surface area (Å²) in [5.74, 6) is 2.40. The molecule has 0 radical (unpaired) electrons. The maximum atomic E-state index is 5.61. The molecular weight excluding hydrogens is 226 g/mol. The van der Waals surface area contributed by atoms with Gasteiger partial charge in [0.1, 0.15) is 0 Å². The minimum absolute atomic E-state index is 0.578. The second-order valence-electron chi connectivity index (χ2n) is 5.00. The van der Waals surface area contributed by atoms with Crippen molar-refractivity contribution in [1.82, 2.24) is 5.32 Å². The minimum atomic E-state index is 0.578. The molecule has 0 spiro atoms. The van der Waals surface area contributed by atoms with Gasteiger partial charge in [-0.3, -0.25) is 0 Å². The summed E-state index contributed by atoms with van der Waals surface area (Å²) >= 11 is 0. The Labute approximate surface area is 109 Å². The number of benzene rings is 1. The molecule has 0 amide bonds. The van der Waals surface area contributed by atoms with Crippen LogP contribution in [0.4, 0.5) is 0 Å². The number of nitrogens with one attached hydrogen (secondary N) is 1. The van der Waals surface area contributed by atoms with Gasteiger partial charge in [0.15, 0.2) is 11.5 Å². The average molecular weight is 249 g/mol. The van der Waals surface area contributed by atoms with Crippen molar-refractivity contribution in [3.63, 3.8) is 0 Å². The van der Waals surface area contributed by atoms with Crippen LogP contribution in [-0.4, -0.2) is 27.3 Å². The van der Waals surface area contributed by atoms with Gasteiger partial charge in [0, 0.05) is 5.56 Å². The van der Waals surface area contributed by atoms with Gasteiger partial charge in [0.05, 0.1) is 14.2 Å². The van der Waals surface area contributed by atoms with Gasteiger partial charge in [-0.05, 0) is 56.8 Å². The van der Waals surface area contributed by atoms with Crippen LogP contribution in [0.1, 0.15) is 35.4 Å². The van der Waals surface area contributed by atoms with E-state index in [4.69, 9.17) is 9.47 Å². The third kappa shape index (κ3) is 2.32. The number of hydrogen-bond acceptors (Lipinski definition) is 3. The first-order valence-corrected chi connectivity index (χ1v) is 6.61. The number of methoxy groups -OCH3 is 2. The Morgan fingerprint density at radius 3 is 2.22 bits per heavy atom. The highest BCUT2D eigenvalue weighted by Crippen LogP contribution is 2.42. The molecule has 0 bridgehead atoms. The summed E-state index contributed by atoms with van der Waals surface area (Å²) in [6.07, 6.45) is 2.34. The molecule has 1 fully saturated rings. The topological polar surface area (TPSA) is 30.5 Å². The molecule has 0 aromatic heterocycles. The summed E-state index contributed by atoms with van der Waals surface area (Å²) in [7, 11) is 3.45. The van der Waals surface area contributed by atoms with Crippen LogP contribution in [0.15, 0.2) is 6.07 Å². The molecule has 1 aliphatic rings. The first-order chi connectivity index (χ1) is 8.69. The van der Waals surface area contributed by atoms with Crippen LogP contribution in [0.3, 0.4) is 0 Å². The summed E-state index contributed by atoms with van der Waals surface area (Å²) in [6.45, 7) is 6.40. The summed E-state index contributed by atoms with van der Waals surface area (Å²) in [5.41, 5.74) is 3.76. The molecule has 1 heterocycles. The Morgan fingerprint density at radius 1 is 1.06 bits per heavy atom. The molecule has 1 N–H and O–H groups in total. The molecule has 0 saturated carbocycles. The van der Waals surface area contributed by atoms with Crippen LogP contribution >= 0.6 is 0 Å². The molecule has 1 saturated heterocycles. The van der Waals surface area contributed by atoms with E-state index in [1.165, 1.54) is 29.5 Å². The highest BCUT2D eigenvalue weighted by Gasteiger charge is 2.23. The molecule has 1 aromatic rings. The van der Waals surface area contributed by atoms with E-state index in [1.807, 2.05) is 0 Å². The molecule has 0 unspecified atom stereocenters. The SMILES string of the molecule is COc1c(C2CCNCC2)cc(C)c(C)c1OC. The Balaban J connectivity index is 2.47. The lowest BCUT2D eigenvalue weighted by Crippen LogP contribution is -2.27. The first kappa shape index (κ1) is 13.2. The normalized spacial score (nSPS) is 16.7. The Hall–Kier alpha value is -1.22. The molecule has 1 aliphatic heterocycles. The minimum Gasteiger partial charge on any atom is -0.493 e. The highest BCUT2D eigenvalue weighted by atomic mass is 16.5. The molecule has 18 heavy (non-hydrogen) atoms. The standard InChI is InChI=1S/C15H23NO2/c1-10-9-13(12-5-7-16-8-6-12)15(18-4)14(17-3)11(10)2/h9,12,16H,5-8H2,1-4H3. The molecular formula is C15H23NO2. The van der Waals surface area contributed by atoms with Gasteiger partial charge in [-0.15, -0.1) is 0 Å². The van der Waals surface area contributed by atoms with Gasteiger partial charge in [-0.1, -0.05) is 6.07 Å². The number of ether oxygens (including phenoxy) is 2. The van der Waals surface area contributed by atoms with Crippen LogP contribution in [0, 0.1) is 13.8 Å². The molecule has 1 aromatic carbocycles. The fourth-order valence-electron chi connectivity index (χ4n) is 2.78. The zero-order valence-electron chi connectivity index (χ0n) is 11.8. The molecule has 3 nitrogen and oxygen atoms in total. The number of aryl methyl sites for hydroxylation is 1. The summed E-state index contributed by atoms with van der Waals surface area (Å²) < 4.78 is 11.1. The fraction of sp³-hybridized carbons (Fsp3) is 0.600.